The molecule has 1 rings (SSSR count). The zero-order valence-corrected chi connectivity index (χ0v) is 9.52. The van der Waals surface area contributed by atoms with E-state index in [1.165, 1.54) is 0 Å². The van der Waals surface area contributed by atoms with Gasteiger partial charge in [0.15, 0.2) is 0 Å². The van der Waals surface area contributed by atoms with Crippen LogP contribution in [0.5, 0.6) is 0 Å². The third kappa shape index (κ3) is 2.33. The summed E-state index contributed by atoms with van der Waals surface area (Å²) < 4.78 is 0.969. The summed E-state index contributed by atoms with van der Waals surface area (Å²) in [6, 6.07) is 0. The molecule has 12 heavy (non-hydrogen) atoms. The van der Waals surface area contributed by atoms with Crippen molar-refractivity contribution in [3.05, 3.63) is 33.4 Å². The molecule has 4 heteroatoms. The molecule has 2 nitrogen and oxygen atoms in total. The monoisotopic (exact) mass is 290 g/mol. The summed E-state index contributed by atoms with van der Waals surface area (Å²) in [7, 11) is 0. The van der Waals surface area contributed by atoms with E-state index in [2.05, 4.69) is 44.9 Å². The van der Waals surface area contributed by atoms with Crippen LogP contribution in [0.1, 0.15) is 5.69 Å². The van der Waals surface area contributed by atoms with Crippen LogP contribution in [-0.2, 0) is 0 Å². The Morgan fingerprint density at radius 3 is 3.00 bits per heavy atom. The zero-order chi connectivity index (χ0) is 8.97. The number of hydrogen-bond donors (Lipinski definition) is 0. The molecule has 1 aromatic heterocycles. The Kier molecular flexibility index (Phi) is 3.78. The highest BCUT2D eigenvalue weighted by molar-refractivity contribution is 14.1. The van der Waals surface area contributed by atoms with Crippen LogP contribution in [0.15, 0.2) is 28.9 Å². The SMILES string of the molecule is C=C=CSc1c(C)ncnc1I. The summed E-state index contributed by atoms with van der Waals surface area (Å²) in [5.41, 5.74) is 3.69. The Morgan fingerprint density at radius 1 is 1.67 bits per heavy atom. The molecular formula is C8H7IN2S. The summed E-state index contributed by atoms with van der Waals surface area (Å²) in [6.45, 7) is 5.45. The number of thioether (sulfide) groups is 1. The van der Waals surface area contributed by atoms with E-state index < -0.39 is 0 Å². The highest BCUT2D eigenvalue weighted by Crippen LogP contribution is 2.25. The normalized spacial score (nSPS) is 9.17. The summed E-state index contributed by atoms with van der Waals surface area (Å²) >= 11 is 3.73. The van der Waals surface area contributed by atoms with E-state index in [0.29, 0.717) is 0 Å². The van der Waals surface area contributed by atoms with E-state index >= 15 is 0 Å². The first kappa shape index (κ1) is 9.77. The average Bonchev–Trinajstić information content (AvgIpc) is 2.04. The second kappa shape index (κ2) is 4.64. The average molecular weight is 290 g/mol. The molecule has 62 valence electrons. The van der Waals surface area contributed by atoms with Gasteiger partial charge < -0.3 is 0 Å². The van der Waals surface area contributed by atoms with Crippen LogP contribution in [0.25, 0.3) is 0 Å². The molecule has 0 bridgehead atoms. The Morgan fingerprint density at radius 2 is 2.42 bits per heavy atom. The van der Waals surface area contributed by atoms with Crippen LogP contribution in [0, 0.1) is 10.6 Å². The van der Waals surface area contributed by atoms with Crippen molar-refractivity contribution in [1.29, 1.82) is 0 Å². The quantitative estimate of drug-likeness (QED) is 0.362. The molecule has 0 aliphatic carbocycles. The van der Waals surface area contributed by atoms with Gasteiger partial charge in [-0.3, -0.25) is 0 Å². The van der Waals surface area contributed by atoms with Gasteiger partial charge in [0.25, 0.3) is 0 Å². The Balaban J connectivity index is 3.03. The standard InChI is InChI=1S/C8H7IN2S/c1-3-4-12-7-6(2)10-5-11-8(7)9/h4-5H,1H2,2H3. The minimum Gasteiger partial charge on any atom is -0.240 e. The largest absolute Gasteiger partial charge is 0.240 e. The second-order valence-corrected chi connectivity index (χ2v) is 3.92. The number of aromatic nitrogens is 2. The molecule has 0 spiro atoms. The summed E-state index contributed by atoms with van der Waals surface area (Å²) in [4.78, 5) is 9.25. The van der Waals surface area contributed by atoms with Crippen molar-refractivity contribution in [3.8, 4) is 0 Å². The molecule has 0 saturated heterocycles. The van der Waals surface area contributed by atoms with Crippen molar-refractivity contribution in [2.45, 2.75) is 11.8 Å². The topological polar surface area (TPSA) is 25.8 Å². The van der Waals surface area contributed by atoms with Gasteiger partial charge in [-0.05, 0) is 29.5 Å². The van der Waals surface area contributed by atoms with Crippen molar-refractivity contribution >= 4 is 34.4 Å². The van der Waals surface area contributed by atoms with E-state index in [9.17, 15) is 0 Å². The molecule has 0 atom stereocenters. The molecular weight excluding hydrogens is 283 g/mol. The first-order valence-electron chi connectivity index (χ1n) is 3.23. The number of hydrogen-bond acceptors (Lipinski definition) is 3. The maximum absolute atomic E-state index is 4.09. The highest BCUT2D eigenvalue weighted by Gasteiger charge is 2.03. The third-order valence-electron chi connectivity index (χ3n) is 1.20. The Labute approximate surface area is 89.3 Å². The maximum atomic E-state index is 4.09. The van der Waals surface area contributed by atoms with Crippen LogP contribution in [0.4, 0.5) is 0 Å². The molecule has 0 fully saturated rings. The first-order chi connectivity index (χ1) is 5.75. The predicted octanol–water partition coefficient (Wildman–Crippen LogP) is 2.78. The van der Waals surface area contributed by atoms with E-state index in [1.54, 1.807) is 23.5 Å². The van der Waals surface area contributed by atoms with Crippen molar-refractivity contribution in [2.24, 2.45) is 0 Å². The smallest absolute Gasteiger partial charge is 0.118 e. The third-order valence-corrected chi connectivity index (χ3v) is 3.39. The second-order valence-electron chi connectivity index (χ2n) is 2.02. The summed E-state index contributed by atoms with van der Waals surface area (Å²) in [5, 5.41) is 1.80. The lowest BCUT2D eigenvalue weighted by atomic mass is 10.5. The molecule has 0 aliphatic heterocycles. The molecule has 0 unspecified atom stereocenters. The van der Waals surface area contributed by atoms with Gasteiger partial charge in [0.05, 0.1) is 10.6 Å². The van der Waals surface area contributed by atoms with Gasteiger partial charge in [-0.25, -0.2) is 9.97 Å². The molecule has 0 saturated carbocycles. The molecule has 0 aromatic carbocycles. The fraction of sp³-hybridized carbons (Fsp3) is 0.125. The predicted molar refractivity (Wildman–Crippen MR) is 59.1 cm³/mol. The van der Waals surface area contributed by atoms with Crippen molar-refractivity contribution in [3.63, 3.8) is 0 Å². The van der Waals surface area contributed by atoms with E-state index in [4.69, 9.17) is 0 Å². The van der Waals surface area contributed by atoms with Crippen molar-refractivity contribution < 1.29 is 0 Å². The van der Waals surface area contributed by atoms with E-state index in [1.807, 2.05) is 6.92 Å². The van der Waals surface area contributed by atoms with Gasteiger partial charge in [-0.2, -0.15) is 0 Å². The molecule has 1 aromatic rings. The maximum Gasteiger partial charge on any atom is 0.118 e. The van der Waals surface area contributed by atoms with Gasteiger partial charge in [0.1, 0.15) is 10.0 Å². The lowest BCUT2D eigenvalue weighted by Crippen LogP contribution is -1.91. The molecule has 0 aliphatic rings. The van der Waals surface area contributed by atoms with Crippen LogP contribution in [0.3, 0.4) is 0 Å². The lowest BCUT2D eigenvalue weighted by molar-refractivity contribution is 0.998. The van der Waals surface area contributed by atoms with Crippen LogP contribution < -0.4 is 0 Å². The number of rotatable bonds is 2. The van der Waals surface area contributed by atoms with E-state index in [-0.39, 0.29) is 0 Å². The minimum atomic E-state index is 0.969. The first-order valence-corrected chi connectivity index (χ1v) is 5.19. The fourth-order valence-corrected chi connectivity index (χ4v) is 2.14. The summed E-state index contributed by atoms with van der Waals surface area (Å²) in [6.07, 6.45) is 1.57. The number of nitrogens with zero attached hydrogens (tertiary/aromatic N) is 2. The van der Waals surface area contributed by atoms with Crippen LogP contribution >= 0.6 is 34.4 Å². The Bertz CT molecular complexity index is 312. The lowest BCUT2D eigenvalue weighted by Gasteiger charge is -2.01. The van der Waals surface area contributed by atoms with Crippen molar-refractivity contribution in [1.82, 2.24) is 9.97 Å². The van der Waals surface area contributed by atoms with E-state index in [0.717, 1.165) is 14.3 Å². The molecule has 0 radical (unpaired) electrons. The van der Waals surface area contributed by atoms with Gasteiger partial charge in [-0.1, -0.05) is 18.3 Å². The van der Waals surface area contributed by atoms with Gasteiger partial charge in [0.2, 0.25) is 0 Å². The molecule has 0 amide bonds. The van der Waals surface area contributed by atoms with Crippen LogP contribution in [0.2, 0.25) is 0 Å². The van der Waals surface area contributed by atoms with Crippen molar-refractivity contribution in [2.75, 3.05) is 0 Å². The highest BCUT2D eigenvalue weighted by atomic mass is 127. The Hall–Kier alpha value is -0.320. The number of halogens is 1. The molecule has 0 N–H and O–H groups in total. The minimum absolute atomic E-state index is 0.969. The van der Waals surface area contributed by atoms with Gasteiger partial charge in [0, 0.05) is 5.41 Å². The fourth-order valence-electron chi connectivity index (χ4n) is 0.667. The molecule has 1 heterocycles. The zero-order valence-electron chi connectivity index (χ0n) is 6.54. The summed E-state index contributed by atoms with van der Waals surface area (Å²) in [5.74, 6) is 0. The van der Waals surface area contributed by atoms with Crippen LogP contribution in [-0.4, -0.2) is 9.97 Å². The van der Waals surface area contributed by atoms with Gasteiger partial charge >= 0.3 is 0 Å². The van der Waals surface area contributed by atoms with Gasteiger partial charge in [-0.15, -0.1) is 5.73 Å². The number of aryl methyl sites for hydroxylation is 1.